The fourth-order valence-corrected chi connectivity index (χ4v) is 3.32. The molecule has 1 aliphatic rings. The van der Waals surface area contributed by atoms with Crippen LogP contribution in [0.3, 0.4) is 0 Å². The van der Waals surface area contributed by atoms with Gasteiger partial charge < -0.3 is 9.32 Å². The Bertz CT molecular complexity index is 564. The summed E-state index contributed by atoms with van der Waals surface area (Å²) in [4.78, 5) is 9.56. The molecule has 4 nitrogen and oxygen atoms in total. The minimum Gasteiger partial charge on any atom is -0.441 e. The van der Waals surface area contributed by atoms with Crippen molar-refractivity contribution in [2.75, 3.05) is 26.7 Å². The van der Waals surface area contributed by atoms with E-state index >= 15 is 0 Å². The molecule has 1 fully saturated rings. The summed E-state index contributed by atoms with van der Waals surface area (Å²) in [7, 11) is 2.18. The van der Waals surface area contributed by atoms with Gasteiger partial charge in [0.25, 0.3) is 0 Å². The van der Waals surface area contributed by atoms with Crippen molar-refractivity contribution in [3.8, 4) is 11.5 Å². The summed E-state index contributed by atoms with van der Waals surface area (Å²) in [5.74, 6) is 1.69. The summed E-state index contributed by atoms with van der Waals surface area (Å²) < 4.78 is 5.82. The van der Waals surface area contributed by atoms with E-state index in [2.05, 4.69) is 45.6 Å². The van der Waals surface area contributed by atoms with Crippen LogP contribution < -0.4 is 0 Å². The summed E-state index contributed by atoms with van der Waals surface area (Å²) in [6.07, 6.45) is 0. The van der Waals surface area contributed by atoms with Crippen molar-refractivity contribution in [2.45, 2.75) is 26.4 Å². The third kappa shape index (κ3) is 2.80. The lowest BCUT2D eigenvalue weighted by Gasteiger charge is -2.37. The zero-order valence-electron chi connectivity index (χ0n) is 12.3. The van der Waals surface area contributed by atoms with E-state index in [0.717, 1.165) is 49.1 Å². The lowest BCUT2D eigenvalue weighted by molar-refractivity contribution is 0.0924. The van der Waals surface area contributed by atoms with Gasteiger partial charge in [-0.15, -0.1) is 0 Å². The molecule has 3 rings (SSSR count). The molecule has 1 saturated heterocycles. The van der Waals surface area contributed by atoms with Crippen LogP contribution in [0.15, 0.2) is 21.2 Å². The number of likely N-dealkylation sites (N-methyl/N-ethyl adjacent to an activating group) is 1. The van der Waals surface area contributed by atoms with Crippen LogP contribution in [0.1, 0.15) is 18.4 Å². The summed E-state index contributed by atoms with van der Waals surface area (Å²) in [5, 5.41) is 4.13. The van der Waals surface area contributed by atoms with E-state index in [1.165, 1.54) is 0 Å². The lowest BCUT2D eigenvalue weighted by Crippen LogP contribution is -2.49. The van der Waals surface area contributed by atoms with Gasteiger partial charge in [-0.1, -0.05) is 0 Å². The first-order chi connectivity index (χ1) is 9.63. The minimum atomic E-state index is 0.564. The van der Waals surface area contributed by atoms with E-state index in [9.17, 15) is 0 Å². The first-order valence-electron chi connectivity index (χ1n) is 7.05. The summed E-state index contributed by atoms with van der Waals surface area (Å²) in [6.45, 7) is 8.52. The van der Waals surface area contributed by atoms with Gasteiger partial charge in [-0.3, -0.25) is 4.90 Å². The zero-order valence-corrected chi connectivity index (χ0v) is 13.1. The first kappa shape index (κ1) is 13.8. The van der Waals surface area contributed by atoms with E-state index in [1.807, 2.05) is 6.92 Å². The number of thiophene rings is 1. The average molecular weight is 291 g/mol. The van der Waals surface area contributed by atoms with Gasteiger partial charge in [-0.2, -0.15) is 11.3 Å². The van der Waals surface area contributed by atoms with Crippen LogP contribution in [0, 0.1) is 6.92 Å². The maximum Gasteiger partial charge on any atom is 0.227 e. The van der Waals surface area contributed by atoms with Crippen LogP contribution in [0.4, 0.5) is 0 Å². The van der Waals surface area contributed by atoms with E-state index in [1.54, 1.807) is 11.3 Å². The average Bonchev–Trinajstić information content (AvgIpc) is 3.03. The number of hydrogen-bond acceptors (Lipinski definition) is 5. The molecule has 0 aliphatic carbocycles. The molecule has 2 aromatic heterocycles. The Labute approximate surface area is 124 Å². The van der Waals surface area contributed by atoms with E-state index < -0.39 is 0 Å². The number of nitrogens with zero attached hydrogens (tertiary/aromatic N) is 3. The third-order valence-corrected chi connectivity index (χ3v) is 4.67. The Morgan fingerprint density at radius 1 is 1.45 bits per heavy atom. The lowest BCUT2D eigenvalue weighted by atomic mass is 10.2. The van der Waals surface area contributed by atoms with Crippen LogP contribution in [-0.2, 0) is 6.54 Å². The van der Waals surface area contributed by atoms with Gasteiger partial charge in [-0.05, 0) is 32.3 Å². The summed E-state index contributed by atoms with van der Waals surface area (Å²) in [5.41, 5.74) is 2.15. The van der Waals surface area contributed by atoms with Crippen LogP contribution in [0.25, 0.3) is 11.5 Å². The highest BCUT2D eigenvalue weighted by Crippen LogP contribution is 2.25. The molecule has 0 aromatic carbocycles. The molecular weight excluding hydrogens is 270 g/mol. The Balaban J connectivity index is 1.75. The van der Waals surface area contributed by atoms with E-state index in [-0.39, 0.29) is 0 Å². The molecule has 1 atom stereocenters. The predicted molar refractivity (Wildman–Crippen MR) is 81.9 cm³/mol. The molecule has 0 amide bonds. The minimum absolute atomic E-state index is 0.564. The number of rotatable bonds is 3. The van der Waals surface area contributed by atoms with E-state index in [4.69, 9.17) is 4.42 Å². The molecule has 0 N–H and O–H groups in total. The second-order valence-electron chi connectivity index (χ2n) is 5.62. The molecule has 2 aromatic rings. The third-order valence-electron chi connectivity index (χ3n) is 3.98. The number of oxazole rings is 1. The topological polar surface area (TPSA) is 32.5 Å². The van der Waals surface area contributed by atoms with Gasteiger partial charge in [0, 0.05) is 43.2 Å². The van der Waals surface area contributed by atoms with Crippen LogP contribution in [-0.4, -0.2) is 47.5 Å². The molecule has 1 unspecified atom stereocenters. The largest absolute Gasteiger partial charge is 0.441 e. The fraction of sp³-hybridized carbons (Fsp3) is 0.533. The van der Waals surface area contributed by atoms with Crippen LogP contribution in [0.5, 0.6) is 0 Å². The van der Waals surface area contributed by atoms with Gasteiger partial charge in [-0.25, -0.2) is 4.98 Å². The molecule has 1 aliphatic heterocycles. The Hall–Kier alpha value is -1.17. The van der Waals surface area contributed by atoms with Gasteiger partial charge in [0.2, 0.25) is 5.89 Å². The number of hydrogen-bond donors (Lipinski definition) is 0. The predicted octanol–water partition coefficient (Wildman–Crippen LogP) is 2.85. The number of aryl methyl sites for hydroxylation is 1. The molecule has 0 bridgehead atoms. The normalized spacial score (nSPS) is 21.4. The molecule has 0 spiro atoms. The van der Waals surface area contributed by atoms with Crippen LogP contribution >= 0.6 is 11.3 Å². The zero-order chi connectivity index (χ0) is 14.1. The number of piperazine rings is 1. The molecule has 0 saturated carbocycles. The Morgan fingerprint density at radius 3 is 3.00 bits per heavy atom. The molecule has 20 heavy (non-hydrogen) atoms. The highest BCUT2D eigenvalue weighted by molar-refractivity contribution is 7.08. The van der Waals surface area contributed by atoms with Crippen molar-refractivity contribution in [2.24, 2.45) is 0 Å². The maximum atomic E-state index is 5.82. The molecular formula is C15H21N3OS. The van der Waals surface area contributed by atoms with Crippen molar-refractivity contribution in [3.63, 3.8) is 0 Å². The summed E-state index contributed by atoms with van der Waals surface area (Å²) in [6, 6.07) is 2.62. The second kappa shape index (κ2) is 5.68. The van der Waals surface area contributed by atoms with Crippen LogP contribution in [0.2, 0.25) is 0 Å². The second-order valence-corrected chi connectivity index (χ2v) is 6.40. The quantitative estimate of drug-likeness (QED) is 0.870. The van der Waals surface area contributed by atoms with Crippen molar-refractivity contribution < 1.29 is 4.42 Å². The SMILES string of the molecule is Cc1oc(-c2ccsc2)nc1CN1CCN(C)CC1C. The van der Waals surface area contributed by atoms with Gasteiger partial charge in [0.1, 0.15) is 5.76 Å². The number of aromatic nitrogens is 1. The smallest absolute Gasteiger partial charge is 0.227 e. The van der Waals surface area contributed by atoms with E-state index in [0.29, 0.717) is 6.04 Å². The van der Waals surface area contributed by atoms with Crippen molar-refractivity contribution in [1.29, 1.82) is 0 Å². The van der Waals surface area contributed by atoms with Crippen molar-refractivity contribution in [1.82, 2.24) is 14.8 Å². The standard InChI is InChI=1S/C15H21N3OS/c1-11-8-17(3)5-6-18(11)9-14-12(2)19-15(16-14)13-4-7-20-10-13/h4,7,10-11H,5-6,8-9H2,1-3H3. The Morgan fingerprint density at radius 2 is 2.30 bits per heavy atom. The molecule has 108 valence electrons. The maximum absolute atomic E-state index is 5.82. The van der Waals surface area contributed by atoms with Crippen molar-refractivity contribution in [3.05, 3.63) is 28.3 Å². The highest BCUT2D eigenvalue weighted by atomic mass is 32.1. The van der Waals surface area contributed by atoms with Crippen molar-refractivity contribution >= 4 is 11.3 Å². The molecule has 3 heterocycles. The Kier molecular flexibility index (Phi) is 3.92. The fourth-order valence-electron chi connectivity index (χ4n) is 2.69. The van der Waals surface area contributed by atoms with Gasteiger partial charge in [0.05, 0.1) is 5.69 Å². The molecule has 0 radical (unpaired) electrons. The highest BCUT2D eigenvalue weighted by Gasteiger charge is 2.23. The van der Waals surface area contributed by atoms with Gasteiger partial charge >= 0.3 is 0 Å². The molecule has 5 heteroatoms. The first-order valence-corrected chi connectivity index (χ1v) is 7.99. The van der Waals surface area contributed by atoms with Gasteiger partial charge in [0.15, 0.2) is 0 Å². The summed E-state index contributed by atoms with van der Waals surface area (Å²) >= 11 is 1.67. The monoisotopic (exact) mass is 291 g/mol.